The average Bonchev–Trinajstić information content (AvgIpc) is 3.36. The summed E-state index contributed by atoms with van der Waals surface area (Å²) in [5.41, 5.74) is 9.76. The Bertz CT molecular complexity index is 3230. The molecule has 8 aromatic carbocycles. The Labute approximate surface area is 419 Å². The van der Waals surface area contributed by atoms with Gasteiger partial charge < -0.3 is 9.80 Å². The minimum atomic E-state index is -4.13. The molecule has 0 radical (unpaired) electrons. The van der Waals surface area contributed by atoms with Crippen LogP contribution in [0.1, 0.15) is 68.4 Å². The first-order valence-electron chi connectivity index (χ1n) is 23.0. The highest BCUT2D eigenvalue weighted by Gasteiger charge is 2.51. The SMILES string of the molecule is Cc1ccc(C2C(c3ccccc3)/C(=N/S(=O)(=O)c3ccc(C)cc3)N2c2ccccc2SSc2ccccc2N2/C(=N\S(=O)(=O)c3ccc(C)cc3)C(c3ccccc3)C2c2ccc(C)cc2)cc1. The summed E-state index contributed by atoms with van der Waals surface area (Å²) in [5.74, 6) is 0.124. The first kappa shape index (κ1) is 47.0. The van der Waals surface area contributed by atoms with Gasteiger partial charge in [-0.3, -0.25) is 0 Å². The van der Waals surface area contributed by atoms with Crippen LogP contribution >= 0.6 is 21.6 Å². The standard InChI is InChI=1S/C58H50N4O4S4/c1-39-23-31-45(32-24-39)55-53(43-15-7-5-8-16-43)57(59-69(63,64)47-35-27-41(3)28-36-47)61(55)49-19-11-13-21-51(49)67-68-52-22-14-12-20-50(52)62-56(46-33-25-40(2)26-34-46)54(44-17-9-6-10-18-44)58(62)60-70(65,66)48-37-29-42(4)30-38-48/h5-38,53-56H,1-4H3/b59-57-,60-58-. The smallest absolute Gasteiger partial charge is 0.283 e. The molecule has 8 nitrogen and oxygen atoms in total. The van der Waals surface area contributed by atoms with Gasteiger partial charge in [-0.2, -0.15) is 16.8 Å². The molecular formula is C58H50N4O4S4. The maximum Gasteiger partial charge on any atom is 0.283 e. The maximum atomic E-state index is 14.3. The molecule has 350 valence electrons. The monoisotopic (exact) mass is 994 g/mol. The molecule has 0 saturated carbocycles. The van der Waals surface area contributed by atoms with Gasteiger partial charge >= 0.3 is 0 Å². The Kier molecular flexibility index (Phi) is 13.2. The number of sulfonamides is 2. The Morgan fingerprint density at radius 1 is 0.357 bits per heavy atom. The lowest BCUT2D eigenvalue weighted by Crippen LogP contribution is -2.54. The van der Waals surface area contributed by atoms with Gasteiger partial charge in [-0.1, -0.05) is 202 Å². The third-order valence-corrected chi connectivity index (χ3v) is 18.0. The Morgan fingerprint density at radius 3 is 1.00 bits per heavy atom. The van der Waals surface area contributed by atoms with Crippen molar-refractivity contribution < 1.29 is 16.8 Å². The molecule has 2 heterocycles. The predicted molar refractivity (Wildman–Crippen MR) is 287 cm³/mol. The van der Waals surface area contributed by atoms with Gasteiger partial charge in [-0.25, -0.2) is 0 Å². The molecule has 0 amide bonds. The van der Waals surface area contributed by atoms with E-state index < -0.39 is 20.0 Å². The summed E-state index contributed by atoms with van der Waals surface area (Å²) in [4.78, 5) is 6.20. The zero-order valence-corrected chi connectivity index (χ0v) is 42.3. The summed E-state index contributed by atoms with van der Waals surface area (Å²) in [6, 6.07) is 65.9. The number of nitrogens with zero attached hydrogens (tertiary/aromatic N) is 4. The van der Waals surface area contributed by atoms with E-state index in [0.29, 0.717) is 11.7 Å². The molecule has 70 heavy (non-hydrogen) atoms. The number of hydrogen-bond donors (Lipinski definition) is 0. The van der Waals surface area contributed by atoms with Crippen molar-refractivity contribution in [3.8, 4) is 0 Å². The molecule has 8 aromatic rings. The van der Waals surface area contributed by atoms with Gasteiger partial charge in [0.05, 0.1) is 45.1 Å². The largest absolute Gasteiger partial charge is 0.319 e. The van der Waals surface area contributed by atoms with E-state index in [-0.39, 0.29) is 33.7 Å². The molecule has 0 aliphatic carbocycles. The molecule has 0 spiro atoms. The molecule has 2 saturated heterocycles. The van der Waals surface area contributed by atoms with E-state index >= 15 is 0 Å². The van der Waals surface area contributed by atoms with Crippen LogP contribution < -0.4 is 9.80 Å². The quantitative estimate of drug-likeness (QED) is 0.105. The topological polar surface area (TPSA) is 99.5 Å². The van der Waals surface area contributed by atoms with Crippen LogP contribution in [0.3, 0.4) is 0 Å². The van der Waals surface area contributed by atoms with E-state index in [9.17, 15) is 16.8 Å². The molecule has 0 N–H and O–H groups in total. The molecule has 10 rings (SSSR count). The van der Waals surface area contributed by atoms with E-state index in [4.69, 9.17) is 8.80 Å². The van der Waals surface area contributed by atoms with Crippen LogP contribution in [0, 0.1) is 27.7 Å². The van der Waals surface area contributed by atoms with Crippen molar-refractivity contribution in [1.82, 2.24) is 0 Å². The van der Waals surface area contributed by atoms with Crippen molar-refractivity contribution >= 4 is 64.7 Å². The molecule has 12 heteroatoms. The van der Waals surface area contributed by atoms with Gasteiger partial charge in [0.1, 0.15) is 11.7 Å². The second-order valence-electron chi connectivity index (χ2n) is 17.8. The highest BCUT2D eigenvalue weighted by atomic mass is 33.1. The Morgan fingerprint density at radius 2 is 0.657 bits per heavy atom. The van der Waals surface area contributed by atoms with E-state index in [1.807, 2.05) is 111 Å². The summed E-state index contributed by atoms with van der Waals surface area (Å²) in [6.07, 6.45) is 0. The third-order valence-electron chi connectivity index (χ3n) is 12.9. The minimum absolute atomic E-state index is 0.130. The highest BCUT2D eigenvalue weighted by Crippen LogP contribution is 2.56. The van der Waals surface area contributed by atoms with Gasteiger partial charge in [0.2, 0.25) is 0 Å². The molecule has 0 aromatic heterocycles. The van der Waals surface area contributed by atoms with Crippen molar-refractivity contribution in [3.05, 3.63) is 251 Å². The second-order valence-corrected chi connectivity index (χ2v) is 23.2. The van der Waals surface area contributed by atoms with Crippen molar-refractivity contribution in [3.63, 3.8) is 0 Å². The summed E-state index contributed by atoms with van der Waals surface area (Å²) in [6.45, 7) is 7.97. The van der Waals surface area contributed by atoms with Crippen LogP contribution in [-0.4, -0.2) is 28.5 Å². The Hall–Kier alpha value is -6.70. The van der Waals surface area contributed by atoms with E-state index in [0.717, 1.165) is 65.7 Å². The third kappa shape index (κ3) is 9.36. The lowest BCUT2D eigenvalue weighted by Gasteiger charge is -2.51. The highest BCUT2D eigenvalue weighted by molar-refractivity contribution is 8.76. The predicted octanol–water partition coefficient (Wildman–Crippen LogP) is 14.0. The number of anilines is 2. The van der Waals surface area contributed by atoms with Crippen LogP contribution in [0.4, 0.5) is 11.4 Å². The van der Waals surface area contributed by atoms with Crippen molar-refractivity contribution in [2.24, 2.45) is 8.80 Å². The summed E-state index contributed by atoms with van der Waals surface area (Å²) < 4.78 is 66.7. The van der Waals surface area contributed by atoms with Crippen LogP contribution in [0.2, 0.25) is 0 Å². The van der Waals surface area contributed by atoms with Crippen molar-refractivity contribution in [2.45, 2.75) is 71.2 Å². The molecule has 4 atom stereocenters. The van der Waals surface area contributed by atoms with Crippen LogP contribution in [-0.2, 0) is 20.0 Å². The number of amidine groups is 2. The zero-order chi connectivity index (χ0) is 48.6. The summed E-state index contributed by atoms with van der Waals surface area (Å²) >= 11 is 0. The van der Waals surface area contributed by atoms with Crippen LogP contribution in [0.15, 0.2) is 235 Å². The number of aryl methyl sites for hydroxylation is 4. The number of para-hydroxylation sites is 2. The fourth-order valence-corrected chi connectivity index (χ4v) is 13.7. The fraction of sp³-hybridized carbons (Fsp3) is 0.138. The zero-order valence-electron chi connectivity index (χ0n) is 39.0. The van der Waals surface area contributed by atoms with Gasteiger partial charge in [0, 0.05) is 9.79 Å². The number of rotatable bonds is 13. The molecule has 2 fully saturated rings. The molecule has 4 unspecified atom stereocenters. The molecule has 2 aliphatic rings. The summed E-state index contributed by atoms with van der Waals surface area (Å²) in [7, 11) is -5.15. The van der Waals surface area contributed by atoms with Crippen molar-refractivity contribution in [1.29, 1.82) is 0 Å². The molecular weight excluding hydrogens is 945 g/mol. The molecule has 0 bridgehead atoms. The van der Waals surface area contributed by atoms with Gasteiger partial charge in [0.15, 0.2) is 0 Å². The number of benzene rings is 8. The summed E-state index contributed by atoms with van der Waals surface area (Å²) in [5, 5.41) is 0. The average molecular weight is 995 g/mol. The maximum absolute atomic E-state index is 14.3. The molecule has 2 aliphatic heterocycles. The van der Waals surface area contributed by atoms with E-state index in [1.165, 1.54) is 0 Å². The second kappa shape index (κ2) is 19.6. The fourth-order valence-electron chi connectivity index (χ4n) is 9.26. The van der Waals surface area contributed by atoms with Gasteiger partial charge in [-0.05, 0) is 98.5 Å². The van der Waals surface area contributed by atoms with Crippen molar-refractivity contribution in [2.75, 3.05) is 9.80 Å². The van der Waals surface area contributed by atoms with E-state index in [1.54, 1.807) is 70.1 Å². The van der Waals surface area contributed by atoms with Crippen LogP contribution in [0.25, 0.3) is 0 Å². The lowest BCUT2D eigenvalue weighted by atomic mass is 9.77. The van der Waals surface area contributed by atoms with Gasteiger partial charge in [-0.15, -0.1) is 8.80 Å². The number of hydrogen-bond acceptors (Lipinski definition) is 6. The first-order chi connectivity index (χ1) is 33.9. The first-order valence-corrected chi connectivity index (χ1v) is 28.1. The lowest BCUT2D eigenvalue weighted by molar-refractivity contribution is 0.563. The minimum Gasteiger partial charge on any atom is -0.319 e. The normalized spacial score (nSPS) is 19.2. The van der Waals surface area contributed by atoms with Gasteiger partial charge in [0.25, 0.3) is 20.0 Å². The van der Waals surface area contributed by atoms with Crippen LogP contribution in [0.5, 0.6) is 0 Å². The van der Waals surface area contributed by atoms with E-state index in [2.05, 4.69) is 84.3 Å². The Balaban J connectivity index is 1.07.